The minimum Gasteiger partial charge on any atom is -0.480 e. The minimum atomic E-state index is -1.18. The monoisotopic (exact) mass is 516 g/mol. The summed E-state index contributed by atoms with van der Waals surface area (Å²) in [7, 11) is 0. The Hall–Kier alpha value is -3.07. The fraction of sp³-hybridized carbons (Fsp3) is 0.519. The van der Waals surface area contributed by atoms with E-state index >= 15 is 0 Å². The van der Waals surface area contributed by atoms with Gasteiger partial charge in [0, 0.05) is 28.7 Å². The van der Waals surface area contributed by atoms with Gasteiger partial charge in [0.1, 0.15) is 5.75 Å². The van der Waals surface area contributed by atoms with E-state index in [9.17, 15) is 19.5 Å². The Kier molecular flexibility index (Phi) is 8.03. The molecule has 2 aromatic rings. The van der Waals surface area contributed by atoms with Crippen molar-refractivity contribution in [3.8, 4) is 16.2 Å². The first-order valence-electron chi connectivity index (χ1n) is 12.1. The molecule has 0 radical (unpaired) electrons. The number of carboxylic acid groups (broad SMARTS) is 2. The molecule has 1 heterocycles. The molecule has 0 aliphatic heterocycles. The molecule has 0 saturated heterocycles. The number of nitrogens with one attached hydrogen (secondary N) is 1. The first kappa shape index (κ1) is 27.5. The smallest absolute Gasteiger partial charge is 0.349 e. The number of aromatic carboxylic acids is 1. The maximum Gasteiger partial charge on any atom is 0.349 e. The van der Waals surface area contributed by atoms with Crippen LogP contribution in [0.3, 0.4) is 0 Å². The van der Waals surface area contributed by atoms with Gasteiger partial charge in [0.05, 0.1) is 0 Å². The lowest BCUT2D eigenvalue weighted by Gasteiger charge is -2.48. The summed E-state index contributed by atoms with van der Waals surface area (Å²) in [5, 5.41) is 21.6. The summed E-state index contributed by atoms with van der Waals surface area (Å²) in [5.74, 6) is -2.30. The van der Waals surface area contributed by atoms with E-state index < -0.39 is 18.5 Å². The van der Waals surface area contributed by atoms with E-state index in [1.54, 1.807) is 6.92 Å². The minimum absolute atomic E-state index is 0.000904. The number of carboxylic acids is 2. The second-order valence-electron chi connectivity index (χ2n) is 11.0. The molecule has 8 nitrogen and oxygen atoms in total. The summed E-state index contributed by atoms with van der Waals surface area (Å²) in [6.07, 6.45) is 2.81. The van der Waals surface area contributed by atoms with Crippen LogP contribution < -0.4 is 15.0 Å². The van der Waals surface area contributed by atoms with Gasteiger partial charge in [0.2, 0.25) is 0 Å². The molecule has 1 aromatic carbocycles. The van der Waals surface area contributed by atoms with Crippen LogP contribution in [-0.2, 0) is 4.79 Å². The molecule has 0 atom stereocenters. The molecule has 36 heavy (non-hydrogen) atoms. The second-order valence-corrected chi connectivity index (χ2v) is 12.0. The van der Waals surface area contributed by atoms with Crippen LogP contribution >= 0.6 is 11.3 Å². The van der Waals surface area contributed by atoms with Crippen molar-refractivity contribution in [3.63, 3.8) is 0 Å². The van der Waals surface area contributed by atoms with E-state index in [1.807, 2.05) is 36.1 Å². The van der Waals surface area contributed by atoms with Crippen molar-refractivity contribution in [2.75, 3.05) is 18.1 Å². The Morgan fingerprint density at radius 1 is 1.14 bits per heavy atom. The predicted molar refractivity (Wildman–Crippen MR) is 141 cm³/mol. The molecule has 3 N–H and O–H groups in total. The zero-order valence-corrected chi connectivity index (χ0v) is 22.6. The quantitative estimate of drug-likeness (QED) is 0.395. The van der Waals surface area contributed by atoms with Gasteiger partial charge in [0.25, 0.3) is 0 Å². The van der Waals surface area contributed by atoms with Gasteiger partial charge in [-0.05, 0) is 61.6 Å². The van der Waals surface area contributed by atoms with E-state index in [0.29, 0.717) is 17.0 Å². The Balaban J connectivity index is 2.07. The Morgan fingerprint density at radius 2 is 1.78 bits per heavy atom. The van der Waals surface area contributed by atoms with Crippen molar-refractivity contribution >= 4 is 35.0 Å². The van der Waals surface area contributed by atoms with Crippen LogP contribution in [0.2, 0.25) is 0 Å². The van der Waals surface area contributed by atoms with Crippen molar-refractivity contribution in [1.29, 1.82) is 0 Å². The molecule has 2 amide bonds. The fourth-order valence-electron chi connectivity index (χ4n) is 5.72. The lowest BCUT2D eigenvalue weighted by Crippen LogP contribution is -2.52. The Bertz CT molecular complexity index is 1140. The van der Waals surface area contributed by atoms with Gasteiger partial charge in [-0.2, -0.15) is 0 Å². The van der Waals surface area contributed by atoms with Crippen LogP contribution in [0.15, 0.2) is 24.3 Å². The van der Waals surface area contributed by atoms with Gasteiger partial charge in [0.15, 0.2) is 11.5 Å². The van der Waals surface area contributed by atoms with Crippen molar-refractivity contribution in [2.24, 2.45) is 10.8 Å². The first-order chi connectivity index (χ1) is 16.7. The number of amides is 2. The molecule has 1 fully saturated rings. The molecule has 196 valence electrons. The number of hydrogen-bond acceptors (Lipinski definition) is 5. The van der Waals surface area contributed by atoms with Crippen LogP contribution in [-0.4, -0.2) is 47.4 Å². The molecular formula is C27H36N2O6S. The molecule has 3 rings (SSSR count). The zero-order valence-electron chi connectivity index (χ0n) is 21.8. The van der Waals surface area contributed by atoms with E-state index in [2.05, 4.69) is 33.0 Å². The molecule has 0 unspecified atom stereocenters. The van der Waals surface area contributed by atoms with Gasteiger partial charge in [-0.3, -0.25) is 4.90 Å². The summed E-state index contributed by atoms with van der Waals surface area (Å²) < 4.78 is 5.34. The third-order valence-corrected chi connectivity index (χ3v) is 7.77. The number of anilines is 1. The molecule has 1 aromatic heterocycles. The molecule has 0 bridgehead atoms. The lowest BCUT2D eigenvalue weighted by molar-refractivity contribution is -0.139. The van der Waals surface area contributed by atoms with Crippen LogP contribution in [0.5, 0.6) is 5.75 Å². The number of nitrogens with zero attached hydrogens (tertiary/aromatic N) is 1. The van der Waals surface area contributed by atoms with Crippen molar-refractivity contribution in [3.05, 3.63) is 34.7 Å². The van der Waals surface area contributed by atoms with Crippen LogP contribution in [0.25, 0.3) is 10.4 Å². The highest BCUT2D eigenvalue weighted by molar-refractivity contribution is 7.18. The summed E-state index contributed by atoms with van der Waals surface area (Å²) in [5.41, 5.74) is 2.18. The van der Waals surface area contributed by atoms with Gasteiger partial charge < -0.3 is 20.3 Å². The number of urea groups is 1. The summed E-state index contributed by atoms with van der Waals surface area (Å²) in [6, 6.07) is 7.35. The van der Waals surface area contributed by atoms with Gasteiger partial charge in [-0.25, -0.2) is 14.4 Å². The number of thiophene rings is 1. The number of carbonyl (C=O) groups is 3. The van der Waals surface area contributed by atoms with Crippen LogP contribution in [0, 0.1) is 17.8 Å². The number of ether oxygens (including phenoxy) is 1. The maximum atomic E-state index is 13.3. The van der Waals surface area contributed by atoms with E-state index in [0.717, 1.165) is 41.9 Å². The number of benzene rings is 1. The Labute approximate surface area is 216 Å². The summed E-state index contributed by atoms with van der Waals surface area (Å²) in [4.78, 5) is 38.7. The highest BCUT2D eigenvalue weighted by Gasteiger charge is 2.42. The number of aliphatic carboxylic acids is 1. The summed E-state index contributed by atoms with van der Waals surface area (Å²) in [6.45, 7) is 12.5. The highest BCUT2D eigenvalue weighted by Crippen LogP contribution is 2.48. The topological polar surface area (TPSA) is 116 Å². The second kappa shape index (κ2) is 10.5. The summed E-state index contributed by atoms with van der Waals surface area (Å²) >= 11 is 1.04. The van der Waals surface area contributed by atoms with Gasteiger partial charge in [-0.1, -0.05) is 39.8 Å². The van der Waals surface area contributed by atoms with E-state index in [1.165, 1.54) is 0 Å². The average Bonchev–Trinajstić information content (AvgIpc) is 3.07. The molecule has 1 aliphatic carbocycles. The van der Waals surface area contributed by atoms with Crippen molar-refractivity contribution < 1.29 is 29.3 Å². The first-order valence-corrected chi connectivity index (χ1v) is 12.9. The zero-order chi connectivity index (χ0) is 26.8. The Morgan fingerprint density at radius 3 is 2.33 bits per heavy atom. The van der Waals surface area contributed by atoms with Gasteiger partial charge >= 0.3 is 18.0 Å². The van der Waals surface area contributed by atoms with E-state index in [4.69, 9.17) is 9.84 Å². The number of rotatable bonds is 8. The fourth-order valence-corrected chi connectivity index (χ4v) is 6.81. The third-order valence-electron chi connectivity index (χ3n) is 6.46. The average molecular weight is 517 g/mol. The van der Waals surface area contributed by atoms with Crippen LogP contribution in [0.1, 0.15) is 69.1 Å². The number of hydrogen-bond donors (Lipinski definition) is 3. The van der Waals surface area contributed by atoms with Gasteiger partial charge in [-0.15, -0.1) is 11.3 Å². The lowest BCUT2D eigenvalue weighted by atomic mass is 9.63. The standard InChI is InChI=1S/C27H36N2O6S/c1-7-28-25(34)29(19-12-26(3,4)15-27(5,6)13-19)18-10-8-9-17(11-18)22-16(2)21(35-14-20(30)31)23(36-22)24(32)33/h8-11,19H,7,12-15H2,1-6H3,(H,28,34)(H,30,31)(H,32,33). The largest absolute Gasteiger partial charge is 0.480 e. The SMILES string of the molecule is CCNC(=O)N(c1cccc(-c2sc(C(=O)O)c(OCC(=O)O)c2C)c1)C1CC(C)(C)CC(C)(C)C1. The maximum absolute atomic E-state index is 13.3. The molecular weight excluding hydrogens is 480 g/mol. The van der Waals surface area contributed by atoms with Crippen molar-refractivity contribution in [2.45, 2.75) is 66.8 Å². The third kappa shape index (κ3) is 6.19. The van der Waals surface area contributed by atoms with Crippen LogP contribution in [0.4, 0.5) is 10.5 Å². The normalized spacial score (nSPS) is 16.8. The predicted octanol–water partition coefficient (Wildman–Crippen LogP) is 6.03. The highest BCUT2D eigenvalue weighted by atomic mass is 32.1. The van der Waals surface area contributed by atoms with E-state index in [-0.39, 0.29) is 33.5 Å². The molecule has 1 saturated carbocycles. The number of carbonyl (C=O) groups excluding carboxylic acids is 1. The molecule has 0 spiro atoms. The van der Waals surface area contributed by atoms with Crippen molar-refractivity contribution in [1.82, 2.24) is 5.32 Å². The molecule has 9 heteroatoms. The molecule has 1 aliphatic rings.